The molecule has 2 rings (SSSR count). The smallest absolute Gasteiger partial charge is 0.0568 e. The Balaban J connectivity index is 1.96. The lowest BCUT2D eigenvalue weighted by Gasteiger charge is -2.35. The van der Waals surface area contributed by atoms with Crippen molar-refractivity contribution in [3.63, 3.8) is 0 Å². The van der Waals surface area contributed by atoms with Crippen LogP contribution in [0.2, 0.25) is 0 Å². The van der Waals surface area contributed by atoms with Crippen molar-refractivity contribution in [2.45, 2.75) is 64.9 Å². The van der Waals surface area contributed by atoms with E-state index >= 15 is 0 Å². The molecule has 0 spiro atoms. The molecule has 0 aromatic heterocycles. The largest absolute Gasteiger partial charge is 0.393 e. The topological polar surface area (TPSA) is 20.2 Å². The second-order valence-electron chi connectivity index (χ2n) is 7.35. The summed E-state index contributed by atoms with van der Waals surface area (Å²) in [5.41, 5.74) is 1.83. The maximum absolute atomic E-state index is 10.2. The zero-order valence-corrected chi connectivity index (χ0v) is 12.6. The standard InChI is InChI=1S/C18H28O/c1-18(2,3)12-11-16-13-15(9-10-17(16)19)14-7-5-4-6-8-14/h4-8,15-17,19H,9-13H2,1-3H3. The second-order valence-corrected chi connectivity index (χ2v) is 7.35. The molecule has 0 amide bonds. The summed E-state index contributed by atoms with van der Waals surface area (Å²) in [6, 6.07) is 10.8. The van der Waals surface area contributed by atoms with Crippen LogP contribution in [0.3, 0.4) is 0 Å². The number of aliphatic hydroxyl groups excluding tert-OH is 1. The molecule has 0 bridgehead atoms. The Kier molecular flexibility index (Phi) is 4.67. The van der Waals surface area contributed by atoms with Gasteiger partial charge in [0.15, 0.2) is 0 Å². The fourth-order valence-corrected chi connectivity index (χ4v) is 3.20. The minimum Gasteiger partial charge on any atom is -0.393 e. The molecule has 1 aromatic carbocycles. The molecular weight excluding hydrogens is 232 g/mol. The number of benzene rings is 1. The molecule has 1 aliphatic carbocycles. The maximum Gasteiger partial charge on any atom is 0.0568 e. The average Bonchev–Trinajstić information content (AvgIpc) is 2.38. The highest BCUT2D eigenvalue weighted by atomic mass is 16.3. The van der Waals surface area contributed by atoms with Crippen LogP contribution in [0.15, 0.2) is 30.3 Å². The molecule has 1 aliphatic rings. The third-order valence-corrected chi connectivity index (χ3v) is 4.48. The normalized spacial score (nSPS) is 28.3. The highest BCUT2D eigenvalue weighted by Crippen LogP contribution is 2.39. The van der Waals surface area contributed by atoms with E-state index in [0.717, 1.165) is 25.7 Å². The van der Waals surface area contributed by atoms with E-state index in [-0.39, 0.29) is 6.10 Å². The van der Waals surface area contributed by atoms with Crippen LogP contribution in [0.1, 0.15) is 64.4 Å². The first-order chi connectivity index (χ1) is 8.96. The minimum atomic E-state index is -0.0812. The first-order valence-electron chi connectivity index (χ1n) is 7.69. The Bertz CT molecular complexity index is 376. The highest BCUT2D eigenvalue weighted by Gasteiger charge is 2.30. The van der Waals surface area contributed by atoms with E-state index in [1.54, 1.807) is 0 Å². The van der Waals surface area contributed by atoms with Crippen molar-refractivity contribution in [2.75, 3.05) is 0 Å². The van der Waals surface area contributed by atoms with E-state index in [1.807, 2.05) is 0 Å². The van der Waals surface area contributed by atoms with Gasteiger partial charge in [-0.25, -0.2) is 0 Å². The molecule has 1 N–H and O–H groups in total. The van der Waals surface area contributed by atoms with Gasteiger partial charge in [-0.05, 0) is 54.9 Å². The van der Waals surface area contributed by atoms with Crippen LogP contribution in [-0.4, -0.2) is 11.2 Å². The molecule has 0 saturated heterocycles. The van der Waals surface area contributed by atoms with Gasteiger partial charge < -0.3 is 5.11 Å². The van der Waals surface area contributed by atoms with E-state index in [1.165, 1.54) is 12.0 Å². The van der Waals surface area contributed by atoms with Crippen molar-refractivity contribution < 1.29 is 5.11 Å². The summed E-state index contributed by atoms with van der Waals surface area (Å²) in [6.45, 7) is 6.87. The first-order valence-corrected chi connectivity index (χ1v) is 7.69. The molecule has 1 aromatic rings. The van der Waals surface area contributed by atoms with Crippen LogP contribution in [0.5, 0.6) is 0 Å². The molecule has 19 heavy (non-hydrogen) atoms. The Morgan fingerprint density at radius 1 is 1.11 bits per heavy atom. The van der Waals surface area contributed by atoms with E-state index in [0.29, 0.717) is 17.3 Å². The Morgan fingerprint density at radius 2 is 1.79 bits per heavy atom. The summed E-state index contributed by atoms with van der Waals surface area (Å²) >= 11 is 0. The van der Waals surface area contributed by atoms with Crippen molar-refractivity contribution in [1.82, 2.24) is 0 Å². The van der Waals surface area contributed by atoms with Gasteiger partial charge in [0.25, 0.3) is 0 Å². The van der Waals surface area contributed by atoms with Crippen molar-refractivity contribution in [3.8, 4) is 0 Å². The lowest BCUT2D eigenvalue weighted by molar-refractivity contribution is 0.0514. The predicted molar refractivity (Wildman–Crippen MR) is 81.2 cm³/mol. The Morgan fingerprint density at radius 3 is 2.42 bits per heavy atom. The monoisotopic (exact) mass is 260 g/mol. The van der Waals surface area contributed by atoms with Crippen LogP contribution >= 0.6 is 0 Å². The van der Waals surface area contributed by atoms with Gasteiger partial charge in [0.2, 0.25) is 0 Å². The highest BCUT2D eigenvalue weighted by molar-refractivity contribution is 5.20. The van der Waals surface area contributed by atoms with Crippen molar-refractivity contribution >= 4 is 0 Å². The summed E-state index contributed by atoms with van der Waals surface area (Å²) < 4.78 is 0. The molecule has 1 fully saturated rings. The lowest BCUT2D eigenvalue weighted by atomic mass is 9.73. The molecule has 0 radical (unpaired) electrons. The third kappa shape index (κ3) is 4.35. The van der Waals surface area contributed by atoms with Gasteiger partial charge in [-0.3, -0.25) is 0 Å². The van der Waals surface area contributed by atoms with Crippen LogP contribution in [0, 0.1) is 11.3 Å². The van der Waals surface area contributed by atoms with Crippen LogP contribution < -0.4 is 0 Å². The molecule has 106 valence electrons. The SMILES string of the molecule is CC(C)(C)CCC1CC(c2ccccc2)CCC1O. The molecule has 0 aliphatic heterocycles. The van der Waals surface area contributed by atoms with Crippen molar-refractivity contribution in [2.24, 2.45) is 11.3 Å². The first kappa shape index (κ1) is 14.6. The van der Waals surface area contributed by atoms with Crippen LogP contribution in [0.25, 0.3) is 0 Å². The summed E-state index contributed by atoms with van der Waals surface area (Å²) in [7, 11) is 0. The van der Waals surface area contributed by atoms with Gasteiger partial charge in [0, 0.05) is 0 Å². The van der Waals surface area contributed by atoms with Gasteiger partial charge >= 0.3 is 0 Å². The number of hydrogen-bond donors (Lipinski definition) is 1. The zero-order valence-electron chi connectivity index (χ0n) is 12.6. The number of rotatable bonds is 3. The van der Waals surface area contributed by atoms with Gasteiger partial charge in [0.1, 0.15) is 0 Å². The summed E-state index contributed by atoms with van der Waals surface area (Å²) in [6.07, 6.45) is 5.54. The summed E-state index contributed by atoms with van der Waals surface area (Å²) in [5, 5.41) is 10.2. The molecule has 3 unspecified atom stereocenters. The van der Waals surface area contributed by atoms with Gasteiger partial charge in [-0.2, -0.15) is 0 Å². The number of hydrogen-bond acceptors (Lipinski definition) is 1. The van der Waals surface area contributed by atoms with E-state index in [9.17, 15) is 5.11 Å². The van der Waals surface area contributed by atoms with Crippen LogP contribution in [0.4, 0.5) is 0 Å². The zero-order chi connectivity index (χ0) is 13.9. The quantitative estimate of drug-likeness (QED) is 0.831. The van der Waals surface area contributed by atoms with E-state index in [4.69, 9.17) is 0 Å². The van der Waals surface area contributed by atoms with Crippen LogP contribution in [-0.2, 0) is 0 Å². The molecule has 1 heteroatoms. The average molecular weight is 260 g/mol. The molecule has 1 nitrogen and oxygen atoms in total. The van der Waals surface area contributed by atoms with Crippen molar-refractivity contribution in [3.05, 3.63) is 35.9 Å². The molecular formula is C18H28O. The van der Waals surface area contributed by atoms with E-state index < -0.39 is 0 Å². The number of aliphatic hydroxyl groups is 1. The fourth-order valence-electron chi connectivity index (χ4n) is 3.20. The second kappa shape index (κ2) is 6.09. The lowest BCUT2D eigenvalue weighted by Crippen LogP contribution is -2.29. The minimum absolute atomic E-state index is 0.0812. The maximum atomic E-state index is 10.2. The summed E-state index contributed by atoms with van der Waals surface area (Å²) in [5.74, 6) is 1.13. The Labute approximate surface area is 118 Å². The molecule has 1 saturated carbocycles. The van der Waals surface area contributed by atoms with Gasteiger partial charge in [-0.1, -0.05) is 51.1 Å². The third-order valence-electron chi connectivity index (χ3n) is 4.48. The summed E-state index contributed by atoms with van der Waals surface area (Å²) in [4.78, 5) is 0. The fraction of sp³-hybridized carbons (Fsp3) is 0.667. The predicted octanol–water partition coefficient (Wildman–Crippen LogP) is 4.76. The van der Waals surface area contributed by atoms with Crippen molar-refractivity contribution in [1.29, 1.82) is 0 Å². The van der Waals surface area contributed by atoms with E-state index in [2.05, 4.69) is 51.1 Å². The molecule has 0 heterocycles. The van der Waals surface area contributed by atoms with Gasteiger partial charge in [0.05, 0.1) is 6.10 Å². The van der Waals surface area contributed by atoms with Gasteiger partial charge in [-0.15, -0.1) is 0 Å². The molecule has 3 atom stereocenters. The Hall–Kier alpha value is -0.820.